The molecule has 4 heteroatoms. The van der Waals surface area contributed by atoms with Crippen LogP contribution in [0.1, 0.15) is 29.5 Å². The zero-order valence-electron chi connectivity index (χ0n) is 12.6. The fourth-order valence-corrected chi connectivity index (χ4v) is 2.68. The van der Waals surface area contributed by atoms with Crippen LogP contribution in [0.25, 0.3) is 11.0 Å². The lowest BCUT2D eigenvalue weighted by Gasteiger charge is -2.11. The van der Waals surface area contributed by atoms with E-state index in [1.54, 1.807) is 6.26 Å². The van der Waals surface area contributed by atoms with Crippen LogP contribution < -0.4 is 11.1 Å². The summed E-state index contributed by atoms with van der Waals surface area (Å²) in [7, 11) is 0. The fourth-order valence-electron chi connectivity index (χ4n) is 2.68. The van der Waals surface area contributed by atoms with Gasteiger partial charge in [0.25, 0.3) is 0 Å². The molecule has 0 aliphatic heterocycles. The largest absolute Gasteiger partial charge is 0.464 e. The average molecular weight is 286 g/mol. The molecule has 0 radical (unpaired) electrons. The molecule has 1 aliphatic carbocycles. The maximum atomic E-state index is 12.0. The van der Waals surface area contributed by atoms with E-state index in [0.29, 0.717) is 18.9 Å². The minimum absolute atomic E-state index is 0.00651. The number of aryl methyl sites for hydroxylation is 2. The van der Waals surface area contributed by atoms with E-state index in [1.807, 2.05) is 13.0 Å². The number of rotatable bonds is 5. The molecule has 0 saturated heterocycles. The van der Waals surface area contributed by atoms with Crippen LogP contribution in [0.5, 0.6) is 0 Å². The lowest BCUT2D eigenvalue weighted by molar-refractivity contribution is -0.120. The first kappa shape index (κ1) is 14.1. The number of furan rings is 1. The summed E-state index contributed by atoms with van der Waals surface area (Å²) in [4.78, 5) is 12.0. The number of nitrogens with one attached hydrogen (secondary N) is 1. The van der Waals surface area contributed by atoms with Gasteiger partial charge in [-0.3, -0.25) is 4.79 Å². The Hall–Kier alpha value is -1.81. The highest BCUT2D eigenvalue weighted by atomic mass is 16.3. The quantitative estimate of drug-likeness (QED) is 0.887. The Morgan fingerprint density at radius 1 is 1.43 bits per heavy atom. The molecule has 0 spiro atoms. The van der Waals surface area contributed by atoms with Gasteiger partial charge in [-0.25, -0.2) is 0 Å². The third-order valence-electron chi connectivity index (χ3n) is 4.46. The predicted octanol–water partition coefficient (Wildman–Crippen LogP) is 2.45. The van der Waals surface area contributed by atoms with Crippen molar-refractivity contribution in [3.63, 3.8) is 0 Å². The van der Waals surface area contributed by atoms with E-state index in [1.165, 1.54) is 18.4 Å². The molecule has 1 fully saturated rings. The summed E-state index contributed by atoms with van der Waals surface area (Å²) in [5.74, 6) is 0.609. The monoisotopic (exact) mass is 286 g/mol. The molecule has 1 aromatic heterocycles. The standard InChI is InChI=1S/C17H22N2O2/c1-10-3-6-14-13(9-21-17(14)11(10)2)7-16(20)19-8-15(18)12-4-5-12/h3,6,9,12,15H,4-5,7-8,18H2,1-2H3,(H,19,20). The maximum Gasteiger partial charge on any atom is 0.224 e. The topological polar surface area (TPSA) is 68.3 Å². The highest BCUT2D eigenvalue weighted by molar-refractivity contribution is 5.89. The second-order valence-electron chi connectivity index (χ2n) is 6.13. The molecule has 1 unspecified atom stereocenters. The van der Waals surface area contributed by atoms with Crippen LogP contribution >= 0.6 is 0 Å². The molecule has 1 atom stereocenters. The third kappa shape index (κ3) is 2.95. The predicted molar refractivity (Wildman–Crippen MR) is 83.1 cm³/mol. The molecule has 1 saturated carbocycles. The highest BCUT2D eigenvalue weighted by Gasteiger charge is 2.28. The summed E-state index contributed by atoms with van der Waals surface area (Å²) < 4.78 is 5.63. The van der Waals surface area contributed by atoms with E-state index < -0.39 is 0 Å². The first-order valence-corrected chi connectivity index (χ1v) is 7.55. The molecular weight excluding hydrogens is 264 g/mol. The smallest absolute Gasteiger partial charge is 0.224 e. The molecule has 3 N–H and O–H groups in total. The zero-order chi connectivity index (χ0) is 15.0. The Bertz CT molecular complexity index is 671. The summed E-state index contributed by atoms with van der Waals surface area (Å²) >= 11 is 0. The van der Waals surface area contributed by atoms with Crippen LogP contribution in [0, 0.1) is 19.8 Å². The van der Waals surface area contributed by atoms with E-state index in [2.05, 4.69) is 18.3 Å². The minimum atomic E-state index is 0.00651. The lowest BCUT2D eigenvalue weighted by atomic mass is 10.0. The van der Waals surface area contributed by atoms with Crippen molar-refractivity contribution < 1.29 is 9.21 Å². The summed E-state index contributed by atoms with van der Waals surface area (Å²) in [6.45, 7) is 4.67. The van der Waals surface area contributed by atoms with Gasteiger partial charge >= 0.3 is 0 Å². The summed E-state index contributed by atoms with van der Waals surface area (Å²) in [6, 6.07) is 4.19. The van der Waals surface area contributed by atoms with Crippen LogP contribution in [-0.4, -0.2) is 18.5 Å². The number of amides is 1. The summed E-state index contributed by atoms with van der Waals surface area (Å²) in [5, 5.41) is 3.95. The van der Waals surface area contributed by atoms with Gasteiger partial charge in [0.15, 0.2) is 0 Å². The molecule has 21 heavy (non-hydrogen) atoms. The van der Waals surface area contributed by atoms with Gasteiger partial charge in [-0.2, -0.15) is 0 Å². The number of benzene rings is 1. The number of nitrogens with two attached hydrogens (primary N) is 1. The van der Waals surface area contributed by atoms with Crippen molar-refractivity contribution in [2.75, 3.05) is 6.54 Å². The SMILES string of the molecule is Cc1ccc2c(CC(=O)NCC(N)C3CC3)coc2c1C. The molecule has 4 nitrogen and oxygen atoms in total. The summed E-state index contributed by atoms with van der Waals surface area (Å²) in [6.07, 6.45) is 4.43. The van der Waals surface area contributed by atoms with Crippen molar-refractivity contribution in [3.05, 3.63) is 35.1 Å². The Labute approximate surface area is 124 Å². The first-order valence-electron chi connectivity index (χ1n) is 7.55. The number of hydrogen-bond acceptors (Lipinski definition) is 3. The Kier molecular flexibility index (Phi) is 3.72. The van der Waals surface area contributed by atoms with E-state index in [4.69, 9.17) is 10.2 Å². The van der Waals surface area contributed by atoms with E-state index >= 15 is 0 Å². The summed E-state index contributed by atoms with van der Waals surface area (Å²) in [5.41, 5.74) is 10.1. The van der Waals surface area contributed by atoms with Gasteiger partial charge in [0.2, 0.25) is 5.91 Å². The van der Waals surface area contributed by atoms with Crippen LogP contribution in [0.2, 0.25) is 0 Å². The molecule has 1 amide bonds. The van der Waals surface area contributed by atoms with Gasteiger partial charge in [-0.1, -0.05) is 12.1 Å². The molecule has 3 rings (SSSR count). The van der Waals surface area contributed by atoms with Crippen molar-refractivity contribution in [1.29, 1.82) is 0 Å². The van der Waals surface area contributed by atoms with Gasteiger partial charge in [-0.15, -0.1) is 0 Å². The van der Waals surface area contributed by atoms with Gasteiger partial charge in [0.05, 0.1) is 12.7 Å². The molecule has 112 valence electrons. The van der Waals surface area contributed by atoms with Crippen LogP contribution in [0.3, 0.4) is 0 Å². The minimum Gasteiger partial charge on any atom is -0.464 e. The normalized spacial score (nSPS) is 16.1. The van der Waals surface area contributed by atoms with Crippen molar-refractivity contribution in [2.45, 2.75) is 39.2 Å². The molecule has 0 bridgehead atoms. The van der Waals surface area contributed by atoms with Crippen molar-refractivity contribution in [1.82, 2.24) is 5.32 Å². The molecule has 2 aromatic rings. The zero-order valence-corrected chi connectivity index (χ0v) is 12.6. The van der Waals surface area contributed by atoms with Gasteiger partial charge in [-0.05, 0) is 43.7 Å². The van der Waals surface area contributed by atoms with Crippen LogP contribution in [-0.2, 0) is 11.2 Å². The van der Waals surface area contributed by atoms with Crippen molar-refractivity contribution in [3.8, 4) is 0 Å². The van der Waals surface area contributed by atoms with E-state index in [0.717, 1.165) is 22.1 Å². The van der Waals surface area contributed by atoms with E-state index in [9.17, 15) is 4.79 Å². The molecular formula is C17H22N2O2. The number of carbonyl (C=O) groups excluding carboxylic acids is 1. The van der Waals surface area contributed by atoms with Gasteiger partial charge in [0.1, 0.15) is 5.58 Å². The molecule has 1 aromatic carbocycles. The lowest BCUT2D eigenvalue weighted by Crippen LogP contribution is -2.39. The van der Waals surface area contributed by atoms with Gasteiger partial charge < -0.3 is 15.5 Å². The van der Waals surface area contributed by atoms with Crippen molar-refractivity contribution >= 4 is 16.9 Å². The second kappa shape index (κ2) is 5.53. The third-order valence-corrected chi connectivity index (χ3v) is 4.46. The Morgan fingerprint density at radius 3 is 2.90 bits per heavy atom. The van der Waals surface area contributed by atoms with Crippen LogP contribution in [0.4, 0.5) is 0 Å². The molecule has 1 aliphatic rings. The maximum absolute atomic E-state index is 12.0. The number of hydrogen-bond donors (Lipinski definition) is 2. The number of carbonyl (C=O) groups is 1. The Morgan fingerprint density at radius 2 is 2.19 bits per heavy atom. The second-order valence-corrected chi connectivity index (χ2v) is 6.13. The van der Waals surface area contributed by atoms with Gasteiger partial charge in [0, 0.05) is 23.5 Å². The van der Waals surface area contributed by atoms with Crippen molar-refractivity contribution in [2.24, 2.45) is 11.7 Å². The first-order chi connectivity index (χ1) is 10.1. The fraction of sp³-hybridized carbons (Fsp3) is 0.471. The van der Waals surface area contributed by atoms with E-state index in [-0.39, 0.29) is 11.9 Å². The van der Waals surface area contributed by atoms with Crippen LogP contribution in [0.15, 0.2) is 22.8 Å². The number of fused-ring (bicyclic) bond motifs is 1. The average Bonchev–Trinajstić information content (AvgIpc) is 3.23. The Balaban J connectivity index is 1.67. The molecule has 1 heterocycles. The highest BCUT2D eigenvalue weighted by Crippen LogP contribution is 2.31.